The van der Waals surface area contributed by atoms with Crippen molar-refractivity contribution in [2.75, 3.05) is 52.4 Å². The molecule has 3 N–H and O–H groups in total. The Balaban J connectivity index is 1.33. The summed E-state index contributed by atoms with van der Waals surface area (Å²) in [5.74, 6) is 1.29. The number of halogens is 1. The van der Waals surface area contributed by atoms with Gasteiger partial charge in [-0.3, -0.25) is 9.78 Å². The summed E-state index contributed by atoms with van der Waals surface area (Å²) in [6.07, 6.45) is 0.963. The van der Waals surface area contributed by atoms with Crippen molar-refractivity contribution in [2.45, 2.75) is 31.7 Å². The van der Waals surface area contributed by atoms with Crippen LogP contribution in [0.15, 0.2) is 67.1 Å². The summed E-state index contributed by atoms with van der Waals surface area (Å²) in [4.78, 5) is 27.2. The summed E-state index contributed by atoms with van der Waals surface area (Å²) in [6, 6.07) is 16.2. The predicted octanol–water partition coefficient (Wildman–Crippen LogP) is 4.00. The molecule has 1 amide bonds. The van der Waals surface area contributed by atoms with E-state index < -0.39 is 12.2 Å². The number of benzene rings is 2. The van der Waals surface area contributed by atoms with Gasteiger partial charge in [-0.2, -0.15) is 0 Å². The number of rotatable bonds is 18. The molecule has 4 aromatic rings. The second kappa shape index (κ2) is 17.4. The maximum atomic E-state index is 12.6. The molecule has 240 valence electrons. The van der Waals surface area contributed by atoms with Gasteiger partial charge in [-0.05, 0) is 48.5 Å². The SMILES string of the molecule is COCCN(CCOC)C(=O)CC(O)CC(O)COc1ccc2ncnc(Nc3ccc(OCc4ccccn4)c(Cl)c3)c2c1. The van der Waals surface area contributed by atoms with Crippen molar-refractivity contribution in [3.63, 3.8) is 0 Å². The van der Waals surface area contributed by atoms with Gasteiger partial charge in [-0.15, -0.1) is 0 Å². The molecule has 0 aliphatic heterocycles. The average molecular weight is 640 g/mol. The van der Waals surface area contributed by atoms with Crippen LogP contribution in [0.4, 0.5) is 11.5 Å². The van der Waals surface area contributed by atoms with Crippen LogP contribution in [0.5, 0.6) is 11.5 Å². The van der Waals surface area contributed by atoms with Crippen molar-refractivity contribution < 1.29 is 34.0 Å². The summed E-state index contributed by atoms with van der Waals surface area (Å²) < 4.78 is 21.8. The standard InChI is InChI=1S/C32H38ClN5O7/c1-42-13-11-38(12-14-43-2)31(41)17-24(39)16-25(40)20-44-26-7-8-29-27(18-26)32(36-21-35-29)37-22-6-9-30(28(33)15-22)45-19-23-5-3-4-10-34-23/h3-10,15,18,21,24-25,39-40H,11-14,16-17,19-20H2,1-2H3,(H,35,36,37). The van der Waals surface area contributed by atoms with Gasteiger partial charge < -0.3 is 39.4 Å². The van der Waals surface area contributed by atoms with Crippen LogP contribution in [-0.2, 0) is 20.9 Å². The number of ether oxygens (including phenoxy) is 4. The fourth-order valence-electron chi connectivity index (χ4n) is 4.45. The Morgan fingerprint density at radius 1 is 0.956 bits per heavy atom. The monoisotopic (exact) mass is 639 g/mol. The lowest BCUT2D eigenvalue weighted by atomic mass is 10.1. The summed E-state index contributed by atoms with van der Waals surface area (Å²) in [6.45, 7) is 1.73. The highest BCUT2D eigenvalue weighted by Gasteiger charge is 2.20. The molecule has 2 aromatic carbocycles. The maximum Gasteiger partial charge on any atom is 0.225 e. The number of nitrogens with zero attached hydrogens (tertiary/aromatic N) is 4. The van der Waals surface area contributed by atoms with Crippen molar-refractivity contribution >= 4 is 39.9 Å². The fourth-order valence-corrected chi connectivity index (χ4v) is 4.68. The third-order valence-corrected chi connectivity index (χ3v) is 7.08. The first-order valence-corrected chi connectivity index (χ1v) is 14.8. The van der Waals surface area contributed by atoms with Crippen LogP contribution in [0.1, 0.15) is 18.5 Å². The van der Waals surface area contributed by atoms with Crippen molar-refractivity contribution in [1.82, 2.24) is 19.9 Å². The molecule has 4 rings (SSSR count). The minimum atomic E-state index is -1.04. The van der Waals surface area contributed by atoms with Gasteiger partial charge in [0.15, 0.2) is 0 Å². The zero-order valence-electron chi connectivity index (χ0n) is 25.3. The maximum absolute atomic E-state index is 12.6. The predicted molar refractivity (Wildman–Crippen MR) is 170 cm³/mol. The number of hydrogen-bond donors (Lipinski definition) is 3. The molecule has 0 aliphatic carbocycles. The van der Waals surface area contributed by atoms with E-state index in [4.69, 9.17) is 30.5 Å². The number of nitrogens with one attached hydrogen (secondary N) is 1. The molecule has 2 heterocycles. The number of amides is 1. The first-order valence-electron chi connectivity index (χ1n) is 14.4. The molecule has 0 saturated carbocycles. The van der Waals surface area contributed by atoms with Crippen LogP contribution in [0.25, 0.3) is 10.9 Å². The van der Waals surface area contributed by atoms with Crippen LogP contribution < -0.4 is 14.8 Å². The third-order valence-electron chi connectivity index (χ3n) is 6.78. The topological polar surface area (TPSA) is 148 Å². The molecule has 0 aliphatic rings. The van der Waals surface area contributed by atoms with E-state index in [0.29, 0.717) is 71.8 Å². The molecule has 0 radical (unpaired) electrons. The highest BCUT2D eigenvalue weighted by molar-refractivity contribution is 6.32. The minimum absolute atomic E-state index is 0.0278. The van der Waals surface area contributed by atoms with Crippen LogP contribution >= 0.6 is 11.6 Å². The number of anilines is 2. The van der Waals surface area contributed by atoms with Gasteiger partial charge in [0.25, 0.3) is 0 Å². The molecule has 0 fully saturated rings. The van der Waals surface area contributed by atoms with Crippen LogP contribution in [0.3, 0.4) is 0 Å². The Hall–Kier alpha value is -4.07. The van der Waals surface area contributed by atoms with Crippen molar-refractivity contribution in [1.29, 1.82) is 0 Å². The van der Waals surface area contributed by atoms with E-state index in [1.807, 2.05) is 24.3 Å². The molecule has 0 bridgehead atoms. The summed E-state index contributed by atoms with van der Waals surface area (Å²) >= 11 is 6.48. The zero-order chi connectivity index (χ0) is 32.0. The fraction of sp³-hybridized carbons (Fsp3) is 0.375. The van der Waals surface area contributed by atoms with Gasteiger partial charge in [0.2, 0.25) is 5.91 Å². The van der Waals surface area contributed by atoms with Gasteiger partial charge in [0.1, 0.15) is 36.9 Å². The van der Waals surface area contributed by atoms with E-state index in [0.717, 1.165) is 5.69 Å². The number of hydrogen-bond acceptors (Lipinski definition) is 11. The van der Waals surface area contributed by atoms with E-state index in [1.165, 1.54) is 6.33 Å². The van der Waals surface area contributed by atoms with Gasteiger partial charge in [0, 0.05) is 51.0 Å². The number of carbonyl (C=O) groups excluding carboxylic acids is 1. The second-order valence-corrected chi connectivity index (χ2v) is 10.6. The van der Waals surface area contributed by atoms with E-state index in [1.54, 1.807) is 55.6 Å². The summed E-state index contributed by atoms with van der Waals surface area (Å²) in [5.41, 5.74) is 2.17. The number of carbonyl (C=O) groups is 1. The average Bonchev–Trinajstić information content (AvgIpc) is 3.04. The Bertz CT molecular complexity index is 1510. The Labute approximate surface area is 266 Å². The molecule has 45 heavy (non-hydrogen) atoms. The Kier molecular flexibility index (Phi) is 13.1. The highest BCUT2D eigenvalue weighted by Crippen LogP contribution is 2.32. The van der Waals surface area contributed by atoms with Crippen LogP contribution in [0.2, 0.25) is 5.02 Å². The quantitative estimate of drug-likeness (QED) is 0.145. The molecule has 2 aromatic heterocycles. The summed E-state index contributed by atoms with van der Waals surface area (Å²) in [7, 11) is 3.11. The lowest BCUT2D eigenvalue weighted by molar-refractivity contribution is -0.135. The van der Waals surface area contributed by atoms with Gasteiger partial charge in [-0.1, -0.05) is 17.7 Å². The number of aliphatic hydroxyl groups is 2. The molecular formula is C32H38ClN5O7. The van der Waals surface area contributed by atoms with Gasteiger partial charge >= 0.3 is 0 Å². The molecule has 2 atom stereocenters. The Morgan fingerprint density at radius 2 is 1.76 bits per heavy atom. The molecule has 0 spiro atoms. The lowest BCUT2D eigenvalue weighted by Crippen LogP contribution is -2.38. The first kappa shape index (κ1) is 33.8. The number of aliphatic hydroxyl groups excluding tert-OH is 2. The summed E-state index contributed by atoms with van der Waals surface area (Å²) in [5, 5.41) is 25.3. The van der Waals surface area contributed by atoms with Crippen molar-refractivity contribution in [3.05, 3.63) is 77.8 Å². The number of pyridine rings is 1. The van der Waals surface area contributed by atoms with Crippen molar-refractivity contribution in [3.8, 4) is 11.5 Å². The largest absolute Gasteiger partial charge is 0.491 e. The smallest absolute Gasteiger partial charge is 0.225 e. The van der Waals surface area contributed by atoms with Crippen LogP contribution in [0, 0.1) is 0 Å². The Morgan fingerprint density at radius 3 is 2.47 bits per heavy atom. The molecular weight excluding hydrogens is 602 g/mol. The van der Waals surface area contributed by atoms with Gasteiger partial charge in [0.05, 0.1) is 48.1 Å². The van der Waals surface area contributed by atoms with E-state index in [2.05, 4.69) is 20.3 Å². The molecule has 13 heteroatoms. The minimum Gasteiger partial charge on any atom is -0.491 e. The first-order chi connectivity index (χ1) is 21.9. The number of methoxy groups -OCH3 is 2. The normalized spacial score (nSPS) is 12.5. The second-order valence-electron chi connectivity index (χ2n) is 10.2. The van der Waals surface area contributed by atoms with Gasteiger partial charge in [-0.25, -0.2) is 9.97 Å². The van der Waals surface area contributed by atoms with Crippen LogP contribution in [-0.4, -0.2) is 95.3 Å². The number of aromatic nitrogens is 3. The van der Waals surface area contributed by atoms with Crippen molar-refractivity contribution in [2.24, 2.45) is 0 Å². The lowest BCUT2D eigenvalue weighted by Gasteiger charge is -2.24. The van der Waals surface area contributed by atoms with E-state index in [9.17, 15) is 15.0 Å². The zero-order valence-corrected chi connectivity index (χ0v) is 26.0. The molecule has 2 unspecified atom stereocenters. The third kappa shape index (κ3) is 10.5. The molecule has 12 nitrogen and oxygen atoms in total. The molecule has 0 saturated heterocycles. The highest BCUT2D eigenvalue weighted by atomic mass is 35.5. The van der Waals surface area contributed by atoms with E-state index in [-0.39, 0.29) is 25.4 Å². The number of fused-ring (bicyclic) bond motifs is 1. The van der Waals surface area contributed by atoms with E-state index >= 15 is 0 Å².